The number of hydrogen-bond acceptors (Lipinski definition) is 2. The van der Waals surface area contributed by atoms with Gasteiger partial charge in [-0.3, -0.25) is 9.59 Å². The number of nitrogens with zero attached hydrogens (tertiary/aromatic N) is 1. The summed E-state index contributed by atoms with van der Waals surface area (Å²) >= 11 is 5.45. The first-order valence-corrected chi connectivity index (χ1v) is 6.31. The van der Waals surface area contributed by atoms with Crippen LogP contribution in [-0.4, -0.2) is 24.7 Å². The molecule has 18 heavy (non-hydrogen) atoms. The van der Waals surface area contributed by atoms with Crippen LogP contribution in [0.4, 0.5) is 5.69 Å². The molecule has 1 heterocycles. The average molecular weight is 267 g/mol. The first-order valence-electron chi connectivity index (χ1n) is 5.77. The third kappa shape index (κ3) is 2.34. The van der Waals surface area contributed by atoms with E-state index in [2.05, 4.69) is 5.32 Å². The minimum atomic E-state index is -0.196. The van der Waals surface area contributed by atoms with Crippen molar-refractivity contribution in [3.05, 3.63) is 29.3 Å². The van der Waals surface area contributed by atoms with Gasteiger partial charge in [-0.2, -0.15) is 0 Å². The van der Waals surface area contributed by atoms with Gasteiger partial charge in [0.05, 0.1) is 12.5 Å². The number of halogens is 1. The highest BCUT2D eigenvalue weighted by molar-refractivity contribution is 6.27. The number of carbonyl (C=O) groups is 2. The zero-order chi connectivity index (χ0) is 13.3. The predicted octanol–water partition coefficient (Wildman–Crippen LogP) is 1.62. The summed E-state index contributed by atoms with van der Waals surface area (Å²) in [6.45, 7) is 1.90. The third-order valence-corrected chi connectivity index (χ3v) is 3.42. The van der Waals surface area contributed by atoms with Gasteiger partial charge in [-0.1, -0.05) is 12.1 Å². The standard InChI is InChI=1S/C13H15ClN2O2/c1-8(15-12(17)7-14)9-3-4-11-10(5-9)6-13(18)16(11)2/h3-5,8H,6-7H2,1-2H3,(H,15,17). The van der Waals surface area contributed by atoms with E-state index in [0.29, 0.717) is 6.42 Å². The highest BCUT2D eigenvalue weighted by atomic mass is 35.5. The number of likely N-dealkylation sites (N-methyl/N-ethyl adjacent to an activating group) is 1. The molecule has 1 aliphatic heterocycles. The van der Waals surface area contributed by atoms with Crippen molar-refractivity contribution in [2.24, 2.45) is 0 Å². The summed E-state index contributed by atoms with van der Waals surface area (Å²) in [5, 5.41) is 2.79. The number of amides is 2. The van der Waals surface area contributed by atoms with Gasteiger partial charge >= 0.3 is 0 Å². The molecule has 0 aliphatic carbocycles. The lowest BCUT2D eigenvalue weighted by Gasteiger charge is -2.15. The molecule has 0 aromatic heterocycles. The van der Waals surface area contributed by atoms with Crippen molar-refractivity contribution < 1.29 is 9.59 Å². The summed E-state index contributed by atoms with van der Waals surface area (Å²) in [5.41, 5.74) is 2.93. The van der Waals surface area contributed by atoms with Gasteiger partial charge in [0, 0.05) is 12.7 Å². The van der Waals surface area contributed by atoms with Gasteiger partial charge in [0.15, 0.2) is 0 Å². The summed E-state index contributed by atoms with van der Waals surface area (Å²) < 4.78 is 0. The fourth-order valence-electron chi connectivity index (χ4n) is 2.12. The Morgan fingerprint density at radius 2 is 2.28 bits per heavy atom. The van der Waals surface area contributed by atoms with E-state index in [-0.39, 0.29) is 23.7 Å². The molecule has 1 unspecified atom stereocenters. The molecule has 5 heteroatoms. The van der Waals surface area contributed by atoms with Crippen molar-refractivity contribution >= 4 is 29.1 Å². The van der Waals surface area contributed by atoms with Crippen LogP contribution in [-0.2, 0) is 16.0 Å². The Morgan fingerprint density at radius 1 is 1.56 bits per heavy atom. The molecule has 0 fully saturated rings. The maximum absolute atomic E-state index is 11.6. The molecule has 1 aliphatic rings. The number of carbonyl (C=O) groups excluding carboxylic acids is 2. The maximum atomic E-state index is 11.6. The van der Waals surface area contributed by atoms with Gasteiger partial charge in [0.1, 0.15) is 5.88 Å². The molecule has 1 atom stereocenters. The van der Waals surface area contributed by atoms with Crippen molar-refractivity contribution in [2.75, 3.05) is 17.8 Å². The number of benzene rings is 1. The van der Waals surface area contributed by atoms with E-state index in [9.17, 15) is 9.59 Å². The Balaban J connectivity index is 2.20. The smallest absolute Gasteiger partial charge is 0.235 e. The third-order valence-electron chi connectivity index (χ3n) is 3.18. The Hall–Kier alpha value is -1.55. The maximum Gasteiger partial charge on any atom is 0.235 e. The molecular formula is C13H15ClN2O2. The molecule has 0 radical (unpaired) electrons. The van der Waals surface area contributed by atoms with E-state index in [1.54, 1.807) is 11.9 Å². The lowest BCUT2D eigenvalue weighted by molar-refractivity contribution is -0.119. The first kappa shape index (κ1) is 12.9. The average Bonchev–Trinajstić information content (AvgIpc) is 2.64. The fraction of sp³-hybridized carbons (Fsp3) is 0.385. The topological polar surface area (TPSA) is 49.4 Å². The number of hydrogen-bond donors (Lipinski definition) is 1. The minimum absolute atomic E-state index is 0.0451. The van der Waals surface area contributed by atoms with E-state index in [1.165, 1.54) is 0 Å². The number of fused-ring (bicyclic) bond motifs is 1. The van der Waals surface area contributed by atoms with Crippen LogP contribution in [0.1, 0.15) is 24.1 Å². The van der Waals surface area contributed by atoms with Crippen molar-refractivity contribution in [3.8, 4) is 0 Å². The van der Waals surface area contributed by atoms with E-state index in [4.69, 9.17) is 11.6 Å². The molecule has 0 saturated carbocycles. The van der Waals surface area contributed by atoms with Crippen LogP contribution in [0.2, 0.25) is 0 Å². The first-order chi connectivity index (χ1) is 8.52. The molecule has 1 N–H and O–H groups in total. The van der Waals surface area contributed by atoms with E-state index < -0.39 is 0 Å². The van der Waals surface area contributed by atoms with Gasteiger partial charge in [-0.05, 0) is 24.1 Å². The normalized spacial score (nSPS) is 15.5. The summed E-state index contributed by atoms with van der Waals surface area (Å²) in [6.07, 6.45) is 0.426. The second-order valence-corrected chi connectivity index (χ2v) is 4.71. The minimum Gasteiger partial charge on any atom is -0.349 e. The lowest BCUT2D eigenvalue weighted by atomic mass is 10.0. The van der Waals surface area contributed by atoms with Gasteiger partial charge in [0.2, 0.25) is 11.8 Å². The largest absolute Gasteiger partial charge is 0.349 e. The highest BCUT2D eigenvalue weighted by Gasteiger charge is 2.24. The number of nitrogens with one attached hydrogen (secondary N) is 1. The Labute approximate surface area is 111 Å². The SMILES string of the molecule is CC(NC(=O)CCl)c1ccc2c(c1)CC(=O)N2C. The lowest BCUT2D eigenvalue weighted by Crippen LogP contribution is -2.27. The molecule has 1 aromatic rings. The van der Waals surface area contributed by atoms with Gasteiger partial charge < -0.3 is 10.2 Å². The number of rotatable bonds is 3. The molecule has 96 valence electrons. The van der Waals surface area contributed by atoms with Crippen LogP contribution in [0.25, 0.3) is 0 Å². The van der Waals surface area contributed by atoms with Crippen molar-refractivity contribution in [2.45, 2.75) is 19.4 Å². The zero-order valence-electron chi connectivity index (χ0n) is 10.4. The fourth-order valence-corrected chi connectivity index (χ4v) is 2.20. The molecule has 0 bridgehead atoms. The predicted molar refractivity (Wildman–Crippen MR) is 70.8 cm³/mol. The Morgan fingerprint density at radius 3 is 2.94 bits per heavy atom. The van der Waals surface area contributed by atoms with Crippen LogP contribution in [0.3, 0.4) is 0 Å². The number of anilines is 1. The molecule has 4 nitrogen and oxygen atoms in total. The second kappa shape index (κ2) is 4.98. The van der Waals surface area contributed by atoms with Crippen molar-refractivity contribution in [1.29, 1.82) is 0 Å². The summed E-state index contributed by atoms with van der Waals surface area (Å²) in [7, 11) is 1.77. The molecule has 0 spiro atoms. The summed E-state index contributed by atoms with van der Waals surface area (Å²) in [6, 6.07) is 5.70. The Bertz CT molecular complexity index is 502. The summed E-state index contributed by atoms with van der Waals surface area (Å²) in [5.74, 6) is -0.145. The molecular weight excluding hydrogens is 252 g/mol. The van der Waals surface area contributed by atoms with Crippen LogP contribution in [0.5, 0.6) is 0 Å². The highest BCUT2D eigenvalue weighted by Crippen LogP contribution is 2.29. The van der Waals surface area contributed by atoms with Crippen LogP contribution >= 0.6 is 11.6 Å². The second-order valence-electron chi connectivity index (χ2n) is 4.44. The molecule has 2 amide bonds. The monoisotopic (exact) mass is 266 g/mol. The van der Waals surface area contributed by atoms with E-state index in [0.717, 1.165) is 16.8 Å². The van der Waals surface area contributed by atoms with E-state index in [1.807, 2.05) is 25.1 Å². The summed E-state index contributed by atoms with van der Waals surface area (Å²) in [4.78, 5) is 24.5. The van der Waals surface area contributed by atoms with E-state index >= 15 is 0 Å². The molecule has 1 aromatic carbocycles. The molecule has 0 saturated heterocycles. The van der Waals surface area contributed by atoms with Gasteiger partial charge in [-0.25, -0.2) is 0 Å². The number of alkyl halides is 1. The van der Waals surface area contributed by atoms with Crippen molar-refractivity contribution in [1.82, 2.24) is 5.32 Å². The quantitative estimate of drug-likeness (QED) is 0.846. The van der Waals surface area contributed by atoms with Gasteiger partial charge in [0.25, 0.3) is 0 Å². The van der Waals surface area contributed by atoms with Crippen molar-refractivity contribution in [3.63, 3.8) is 0 Å². The Kier molecular flexibility index (Phi) is 3.57. The molecule has 2 rings (SSSR count). The van der Waals surface area contributed by atoms with Crippen LogP contribution in [0, 0.1) is 0 Å². The zero-order valence-corrected chi connectivity index (χ0v) is 11.1. The van der Waals surface area contributed by atoms with Crippen LogP contribution < -0.4 is 10.2 Å². The van der Waals surface area contributed by atoms with Gasteiger partial charge in [-0.15, -0.1) is 11.6 Å². The van der Waals surface area contributed by atoms with Crippen LogP contribution in [0.15, 0.2) is 18.2 Å².